The van der Waals surface area contributed by atoms with Crippen molar-refractivity contribution < 1.29 is 14.3 Å². The molecule has 1 atom stereocenters. The monoisotopic (exact) mass is 387 g/mol. The van der Waals surface area contributed by atoms with Crippen LogP contribution in [0.15, 0.2) is 18.2 Å². The molecule has 1 heterocycles. The highest BCUT2D eigenvalue weighted by molar-refractivity contribution is 6.42. The molecule has 8 heteroatoms. The zero-order valence-corrected chi connectivity index (χ0v) is 15.9. The Morgan fingerprint density at radius 3 is 2.64 bits per heavy atom. The molecule has 0 spiro atoms. The van der Waals surface area contributed by atoms with Gasteiger partial charge in [0.05, 0.1) is 11.6 Å². The number of ether oxygens (including phenoxy) is 1. The maximum absolute atomic E-state index is 12.3. The van der Waals surface area contributed by atoms with E-state index in [-0.39, 0.29) is 17.9 Å². The van der Waals surface area contributed by atoms with Gasteiger partial charge < -0.3 is 15.4 Å². The van der Waals surface area contributed by atoms with Crippen molar-refractivity contribution in [3.8, 4) is 5.75 Å². The van der Waals surface area contributed by atoms with E-state index in [1.165, 1.54) is 0 Å². The van der Waals surface area contributed by atoms with E-state index in [1.54, 1.807) is 32.2 Å². The Hall–Kier alpha value is -1.50. The van der Waals surface area contributed by atoms with Gasteiger partial charge in [-0.25, -0.2) is 0 Å². The topological polar surface area (TPSA) is 70.7 Å². The molecule has 1 saturated heterocycles. The van der Waals surface area contributed by atoms with E-state index in [0.29, 0.717) is 22.3 Å². The fourth-order valence-electron chi connectivity index (χ4n) is 2.66. The molecule has 1 aliphatic heterocycles. The third-order valence-corrected chi connectivity index (χ3v) is 4.97. The van der Waals surface area contributed by atoms with Gasteiger partial charge in [0.1, 0.15) is 10.8 Å². The van der Waals surface area contributed by atoms with Crippen molar-refractivity contribution in [3.05, 3.63) is 28.2 Å². The van der Waals surface area contributed by atoms with Crippen LogP contribution in [0.1, 0.15) is 19.8 Å². The van der Waals surface area contributed by atoms with E-state index in [0.717, 1.165) is 25.9 Å². The molecule has 0 bridgehead atoms. The zero-order valence-electron chi connectivity index (χ0n) is 14.4. The molecule has 1 aromatic carbocycles. The largest absolute Gasteiger partial charge is 0.479 e. The Morgan fingerprint density at radius 2 is 2.00 bits per heavy atom. The van der Waals surface area contributed by atoms with E-state index < -0.39 is 6.10 Å². The number of benzene rings is 1. The van der Waals surface area contributed by atoms with Gasteiger partial charge in [-0.15, -0.1) is 0 Å². The number of hydrogen-bond acceptors (Lipinski definition) is 4. The number of carbonyl (C=O) groups excluding carboxylic acids is 2. The number of piperidine rings is 1. The average Bonchev–Trinajstić information content (AvgIpc) is 2.60. The molecule has 0 radical (unpaired) electrons. The van der Waals surface area contributed by atoms with Gasteiger partial charge in [0.15, 0.2) is 6.10 Å². The van der Waals surface area contributed by atoms with Crippen LogP contribution in [0, 0.1) is 0 Å². The Labute approximate surface area is 157 Å². The number of nitrogens with one attached hydrogen (secondary N) is 2. The molecular weight excluding hydrogens is 365 g/mol. The Balaban J connectivity index is 1.80. The quantitative estimate of drug-likeness (QED) is 0.783. The summed E-state index contributed by atoms with van der Waals surface area (Å²) >= 11 is 12.0. The molecule has 2 N–H and O–H groups in total. The predicted molar refractivity (Wildman–Crippen MR) is 98.2 cm³/mol. The number of rotatable bonds is 6. The molecular formula is C17H23Cl2N3O3. The summed E-state index contributed by atoms with van der Waals surface area (Å²) in [5, 5.41) is 6.29. The summed E-state index contributed by atoms with van der Waals surface area (Å²) in [6.45, 7) is 3.61. The van der Waals surface area contributed by atoms with Crippen molar-refractivity contribution in [2.45, 2.75) is 31.9 Å². The number of hydrogen-bond donors (Lipinski definition) is 2. The number of amides is 2. The third kappa shape index (κ3) is 5.76. The highest BCUT2D eigenvalue weighted by Gasteiger charge is 2.24. The van der Waals surface area contributed by atoms with Crippen molar-refractivity contribution in [2.24, 2.45) is 0 Å². The fourth-order valence-corrected chi connectivity index (χ4v) is 2.99. The van der Waals surface area contributed by atoms with Crippen molar-refractivity contribution in [3.63, 3.8) is 0 Å². The maximum Gasteiger partial charge on any atom is 0.260 e. The molecule has 2 rings (SSSR count). The van der Waals surface area contributed by atoms with Gasteiger partial charge in [0.2, 0.25) is 5.91 Å². The number of likely N-dealkylation sites (tertiary alicyclic amines) is 1. The Bertz CT molecular complexity index is 619. The molecule has 0 aromatic heterocycles. The molecule has 1 fully saturated rings. The van der Waals surface area contributed by atoms with E-state index in [9.17, 15) is 9.59 Å². The second kappa shape index (κ2) is 9.27. The number of carbonyl (C=O) groups is 2. The average molecular weight is 388 g/mol. The number of likely N-dealkylation sites (N-methyl/N-ethyl adjacent to an activating group) is 1. The van der Waals surface area contributed by atoms with Crippen LogP contribution in [-0.4, -0.2) is 55.5 Å². The van der Waals surface area contributed by atoms with Crippen LogP contribution in [-0.2, 0) is 9.59 Å². The van der Waals surface area contributed by atoms with Gasteiger partial charge in [0, 0.05) is 26.2 Å². The van der Waals surface area contributed by atoms with Crippen LogP contribution in [0.3, 0.4) is 0 Å². The van der Waals surface area contributed by atoms with Crippen LogP contribution in [0.5, 0.6) is 5.75 Å². The van der Waals surface area contributed by atoms with Crippen molar-refractivity contribution >= 4 is 35.0 Å². The molecule has 6 nitrogen and oxygen atoms in total. The summed E-state index contributed by atoms with van der Waals surface area (Å²) in [7, 11) is 1.63. The summed E-state index contributed by atoms with van der Waals surface area (Å²) < 4.78 is 5.63. The standard InChI is InChI=1S/C17H23Cl2N3O3/c1-11(25-14-5-3-4-13(18)16(14)19)17(24)21-12-6-8-22(9-7-12)10-15(23)20-2/h3-5,11-12H,6-10H2,1-2H3,(H,20,23)(H,21,24). The van der Waals surface area contributed by atoms with Crippen LogP contribution < -0.4 is 15.4 Å². The molecule has 2 amide bonds. The Kier molecular flexibility index (Phi) is 7.35. The molecule has 1 unspecified atom stereocenters. The lowest BCUT2D eigenvalue weighted by Gasteiger charge is -2.32. The van der Waals surface area contributed by atoms with E-state index >= 15 is 0 Å². The summed E-state index contributed by atoms with van der Waals surface area (Å²) in [4.78, 5) is 25.8. The third-order valence-electron chi connectivity index (χ3n) is 4.17. The van der Waals surface area contributed by atoms with Crippen molar-refractivity contribution in [2.75, 3.05) is 26.7 Å². The minimum atomic E-state index is -0.681. The smallest absolute Gasteiger partial charge is 0.260 e. The zero-order chi connectivity index (χ0) is 18.4. The van der Waals surface area contributed by atoms with Crippen molar-refractivity contribution in [1.29, 1.82) is 0 Å². The first kappa shape index (κ1) is 19.8. The second-order valence-electron chi connectivity index (χ2n) is 6.04. The highest BCUT2D eigenvalue weighted by atomic mass is 35.5. The highest BCUT2D eigenvalue weighted by Crippen LogP contribution is 2.32. The summed E-state index contributed by atoms with van der Waals surface area (Å²) in [5.74, 6) is 0.195. The molecule has 0 saturated carbocycles. The van der Waals surface area contributed by atoms with E-state index in [2.05, 4.69) is 15.5 Å². The molecule has 138 valence electrons. The normalized spacial score (nSPS) is 17.0. The summed E-state index contributed by atoms with van der Waals surface area (Å²) in [6, 6.07) is 5.13. The van der Waals surface area contributed by atoms with Gasteiger partial charge in [-0.1, -0.05) is 29.3 Å². The van der Waals surface area contributed by atoms with Crippen molar-refractivity contribution in [1.82, 2.24) is 15.5 Å². The fraction of sp³-hybridized carbons (Fsp3) is 0.529. The van der Waals surface area contributed by atoms with Gasteiger partial charge in [-0.05, 0) is 31.9 Å². The molecule has 0 aliphatic carbocycles. The Morgan fingerprint density at radius 1 is 1.32 bits per heavy atom. The lowest BCUT2D eigenvalue weighted by atomic mass is 10.0. The summed E-state index contributed by atoms with van der Waals surface area (Å²) in [5.41, 5.74) is 0. The van der Waals surface area contributed by atoms with Crippen LogP contribution >= 0.6 is 23.2 Å². The van der Waals surface area contributed by atoms with Crippen LogP contribution in [0.2, 0.25) is 10.0 Å². The molecule has 1 aliphatic rings. The predicted octanol–water partition coefficient (Wildman–Crippen LogP) is 2.09. The van der Waals surface area contributed by atoms with Gasteiger partial charge >= 0.3 is 0 Å². The molecule has 1 aromatic rings. The second-order valence-corrected chi connectivity index (χ2v) is 6.83. The minimum Gasteiger partial charge on any atom is -0.479 e. The van der Waals surface area contributed by atoms with Gasteiger partial charge in [0.25, 0.3) is 5.91 Å². The minimum absolute atomic E-state index is 0.00269. The van der Waals surface area contributed by atoms with Gasteiger partial charge in [-0.2, -0.15) is 0 Å². The first-order valence-electron chi connectivity index (χ1n) is 8.24. The van der Waals surface area contributed by atoms with E-state index in [4.69, 9.17) is 27.9 Å². The van der Waals surface area contributed by atoms with Crippen LogP contribution in [0.4, 0.5) is 0 Å². The number of halogens is 2. The SMILES string of the molecule is CNC(=O)CN1CCC(NC(=O)C(C)Oc2cccc(Cl)c2Cl)CC1. The first-order chi connectivity index (χ1) is 11.9. The van der Waals surface area contributed by atoms with Gasteiger partial charge in [-0.3, -0.25) is 14.5 Å². The lowest BCUT2D eigenvalue weighted by Crippen LogP contribution is -2.49. The summed E-state index contributed by atoms with van der Waals surface area (Å²) in [6.07, 6.45) is 0.917. The van der Waals surface area contributed by atoms with E-state index in [1.807, 2.05) is 0 Å². The maximum atomic E-state index is 12.3. The molecule has 25 heavy (non-hydrogen) atoms. The number of nitrogens with zero attached hydrogens (tertiary/aromatic N) is 1. The lowest BCUT2D eigenvalue weighted by molar-refractivity contribution is -0.128. The first-order valence-corrected chi connectivity index (χ1v) is 9.00. The van der Waals surface area contributed by atoms with Crippen LogP contribution in [0.25, 0.3) is 0 Å².